The predicted octanol–water partition coefficient (Wildman–Crippen LogP) is 4.03. The van der Waals surface area contributed by atoms with Crippen molar-refractivity contribution in [1.82, 2.24) is 5.32 Å². The van der Waals surface area contributed by atoms with E-state index in [0.29, 0.717) is 30.8 Å². The van der Waals surface area contributed by atoms with Crippen LogP contribution < -0.4 is 11.1 Å². The first kappa shape index (κ1) is 23.0. The van der Waals surface area contributed by atoms with E-state index in [9.17, 15) is 9.90 Å². The van der Waals surface area contributed by atoms with Gasteiger partial charge >= 0.3 is 5.97 Å². The number of benzene rings is 1. The molecule has 0 amide bonds. The van der Waals surface area contributed by atoms with Gasteiger partial charge in [0, 0.05) is 12.1 Å². The molecule has 6 heteroatoms. The van der Waals surface area contributed by atoms with E-state index in [1.165, 1.54) is 17.6 Å². The third-order valence-corrected chi connectivity index (χ3v) is 5.58. The minimum absolute atomic E-state index is 0. The Hall–Kier alpha value is -1.07. The molecule has 146 valence electrons. The SMILES string of the molecule is CCC(=Cc1ccccc1)C1CC1NC1CCC(N)(C(=O)O)CC1.Cl.Cl. The van der Waals surface area contributed by atoms with E-state index < -0.39 is 11.5 Å². The van der Waals surface area contributed by atoms with Crippen LogP contribution in [0.15, 0.2) is 35.9 Å². The maximum atomic E-state index is 11.2. The normalized spacial score (nSPS) is 30.7. The molecule has 0 radical (unpaired) electrons. The van der Waals surface area contributed by atoms with Gasteiger partial charge in [-0.1, -0.05) is 48.9 Å². The second kappa shape index (κ2) is 9.75. The molecule has 0 aliphatic heterocycles. The molecule has 0 bridgehead atoms. The van der Waals surface area contributed by atoms with Crippen LogP contribution in [-0.4, -0.2) is 28.7 Å². The third kappa shape index (κ3) is 5.46. The molecule has 26 heavy (non-hydrogen) atoms. The van der Waals surface area contributed by atoms with Crippen molar-refractivity contribution in [3.8, 4) is 0 Å². The Labute approximate surface area is 168 Å². The standard InChI is InChI=1S/C20H28N2O2.2ClH/c1-2-15(12-14-6-4-3-5-7-14)17-13-18(17)22-16-8-10-20(21,11-9-16)19(23)24;;/h3-7,12,16-18,22H,2,8-11,13,21H2,1H3,(H,23,24);2*1H. The first-order chi connectivity index (χ1) is 11.5. The van der Waals surface area contributed by atoms with Gasteiger partial charge in [0.25, 0.3) is 0 Å². The number of nitrogens with two attached hydrogens (primary N) is 1. The highest BCUT2D eigenvalue weighted by molar-refractivity contribution is 5.85. The summed E-state index contributed by atoms with van der Waals surface area (Å²) in [5.41, 5.74) is 7.72. The summed E-state index contributed by atoms with van der Waals surface area (Å²) in [5.74, 6) is -0.233. The van der Waals surface area contributed by atoms with Crippen molar-refractivity contribution in [3.05, 3.63) is 41.5 Å². The van der Waals surface area contributed by atoms with Crippen LogP contribution >= 0.6 is 24.8 Å². The fraction of sp³-hybridized carbons (Fsp3) is 0.550. The molecule has 2 aliphatic carbocycles. The second-order valence-electron chi connectivity index (χ2n) is 7.33. The number of hydrogen-bond acceptors (Lipinski definition) is 3. The van der Waals surface area contributed by atoms with Gasteiger partial charge in [0.05, 0.1) is 0 Å². The van der Waals surface area contributed by atoms with Crippen LogP contribution in [0, 0.1) is 5.92 Å². The van der Waals surface area contributed by atoms with E-state index in [2.05, 4.69) is 42.6 Å². The van der Waals surface area contributed by atoms with Crippen molar-refractivity contribution in [1.29, 1.82) is 0 Å². The van der Waals surface area contributed by atoms with Crippen molar-refractivity contribution < 1.29 is 9.90 Å². The van der Waals surface area contributed by atoms with E-state index in [4.69, 9.17) is 5.73 Å². The van der Waals surface area contributed by atoms with Gasteiger partial charge < -0.3 is 16.2 Å². The summed E-state index contributed by atoms with van der Waals surface area (Å²) in [7, 11) is 0. The lowest BCUT2D eigenvalue weighted by Gasteiger charge is -2.34. The summed E-state index contributed by atoms with van der Waals surface area (Å²) in [6.07, 6.45) is 7.44. The Morgan fingerprint density at radius 3 is 2.42 bits per heavy atom. The highest BCUT2D eigenvalue weighted by atomic mass is 35.5. The van der Waals surface area contributed by atoms with Crippen molar-refractivity contribution in [2.45, 2.75) is 63.1 Å². The van der Waals surface area contributed by atoms with E-state index in [1.54, 1.807) is 0 Å². The van der Waals surface area contributed by atoms with Crippen molar-refractivity contribution in [3.63, 3.8) is 0 Å². The zero-order valence-corrected chi connectivity index (χ0v) is 16.8. The average Bonchev–Trinajstić information content (AvgIpc) is 3.34. The van der Waals surface area contributed by atoms with Crippen molar-refractivity contribution in [2.75, 3.05) is 0 Å². The van der Waals surface area contributed by atoms with Gasteiger partial charge in [0.2, 0.25) is 0 Å². The van der Waals surface area contributed by atoms with Crippen LogP contribution in [0.3, 0.4) is 0 Å². The number of hydrogen-bond donors (Lipinski definition) is 3. The van der Waals surface area contributed by atoms with Gasteiger partial charge in [-0.15, -0.1) is 24.8 Å². The number of carboxylic acid groups (broad SMARTS) is 1. The van der Waals surface area contributed by atoms with Gasteiger partial charge in [0.1, 0.15) is 5.54 Å². The fourth-order valence-electron chi connectivity index (χ4n) is 3.84. The molecule has 1 aromatic carbocycles. The van der Waals surface area contributed by atoms with Crippen LogP contribution in [0.4, 0.5) is 0 Å². The maximum absolute atomic E-state index is 11.2. The molecule has 3 rings (SSSR count). The number of rotatable bonds is 6. The first-order valence-corrected chi connectivity index (χ1v) is 9.05. The number of carboxylic acids is 1. The van der Waals surface area contributed by atoms with Crippen LogP contribution in [0.1, 0.15) is 51.0 Å². The Bertz CT molecular complexity index is 613. The first-order valence-electron chi connectivity index (χ1n) is 9.05. The highest BCUT2D eigenvalue weighted by Gasteiger charge is 2.43. The van der Waals surface area contributed by atoms with Crippen molar-refractivity contribution in [2.24, 2.45) is 11.7 Å². The van der Waals surface area contributed by atoms with Crippen LogP contribution in [0.2, 0.25) is 0 Å². The largest absolute Gasteiger partial charge is 0.480 e. The summed E-state index contributed by atoms with van der Waals surface area (Å²) < 4.78 is 0. The minimum Gasteiger partial charge on any atom is -0.480 e. The molecule has 2 aliphatic rings. The molecule has 4 N–H and O–H groups in total. The van der Waals surface area contributed by atoms with Crippen LogP contribution in [-0.2, 0) is 4.79 Å². The lowest BCUT2D eigenvalue weighted by Crippen LogP contribution is -2.53. The minimum atomic E-state index is -1.01. The number of halogens is 2. The fourth-order valence-corrected chi connectivity index (χ4v) is 3.84. The zero-order valence-electron chi connectivity index (χ0n) is 15.2. The van der Waals surface area contributed by atoms with Gasteiger partial charge in [-0.05, 0) is 50.0 Å². The Balaban J connectivity index is 0.00000169. The molecule has 1 aromatic rings. The monoisotopic (exact) mass is 400 g/mol. The van der Waals surface area contributed by atoms with Gasteiger partial charge in [-0.2, -0.15) is 0 Å². The molecular weight excluding hydrogens is 371 g/mol. The molecular formula is C20H30Cl2N2O2. The summed E-state index contributed by atoms with van der Waals surface area (Å²) in [5, 5.41) is 12.9. The smallest absolute Gasteiger partial charge is 0.323 e. The van der Waals surface area contributed by atoms with Crippen LogP contribution in [0.25, 0.3) is 6.08 Å². The quantitative estimate of drug-likeness (QED) is 0.673. The van der Waals surface area contributed by atoms with E-state index in [0.717, 1.165) is 19.3 Å². The molecule has 0 heterocycles. The molecule has 0 spiro atoms. The molecule has 2 unspecified atom stereocenters. The molecule has 2 atom stereocenters. The average molecular weight is 401 g/mol. The molecule has 4 nitrogen and oxygen atoms in total. The molecule has 0 aromatic heterocycles. The van der Waals surface area contributed by atoms with Gasteiger partial charge in [-0.25, -0.2) is 0 Å². The lowest BCUT2D eigenvalue weighted by molar-refractivity contribution is -0.144. The molecule has 2 saturated carbocycles. The highest BCUT2D eigenvalue weighted by Crippen LogP contribution is 2.41. The number of aliphatic carboxylic acids is 1. The van der Waals surface area contributed by atoms with E-state index in [-0.39, 0.29) is 24.8 Å². The summed E-state index contributed by atoms with van der Waals surface area (Å²) >= 11 is 0. The lowest BCUT2D eigenvalue weighted by atomic mass is 9.80. The van der Waals surface area contributed by atoms with Crippen LogP contribution in [0.5, 0.6) is 0 Å². The number of nitrogens with one attached hydrogen (secondary N) is 1. The van der Waals surface area contributed by atoms with Gasteiger partial charge in [0.15, 0.2) is 0 Å². The summed E-state index contributed by atoms with van der Waals surface area (Å²) in [6.45, 7) is 2.22. The topological polar surface area (TPSA) is 75.3 Å². The summed E-state index contributed by atoms with van der Waals surface area (Å²) in [6, 6.07) is 11.4. The predicted molar refractivity (Wildman–Crippen MR) is 111 cm³/mol. The second-order valence-corrected chi connectivity index (χ2v) is 7.33. The maximum Gasteiger partial charge on any atom is 0.323 e. The Morgan fingerprint density at radius 2 is 1.88 bits per heavy atom. The Kier molecular flexibility index (Phi) is 8.61. The van der Waals surface area contributed by atoms with E-state index in [1.807, 2.05) is 6.07 Å². The zero-order chi connectivity index (χ0) is 17.2. The van der Waals surface area contributed by atoms with Crippen molar-refractivity contribution >= 4 is 36.9 Å². The Morgan fingerprint density at radius 1 is 1.27 bits per heavy atom. The summed E-state index contributed by atoms with van der Waals surface area (Å²) in [4.78, 5) is 11.2. The molecule has 2 fully saturated rings. The molecule has 0 saturated heterocycles. The van der Waals surface area contributed by atoms with E-state index >= 15 is 0 Å². The van der Waals surface area contributed by atoms with Gasteiger partial charge in [-0.3, -0.25) is 4.79 Å². The third-order valence-electron chi connectivity index (χ3n) is 5.58. The number of carbonyl (C=O) groups is 1.